The first-order valence-electron chi connectivity index (χ1n) is 5.43. The van der Waals surface area contributed by atoms with Gasteiger partial charge in [-0.3, -0.25) is 14.3 Å². The van der Waals surface area contributed by atoms with Crippen molar-refractivity contribution >= 4 is 11.6 Å². The lowest BCUT2D eigenvalue weighted by molar-refractivity contribution is -0.137. The maximum absolute atomic E-state index is 12.4. The van der Waals surface area contributed by atoms with Gasteiger partial charge in [0, 0.05) is 6.07 Å². The number of halogens is 4. The van der Waals surface area contributed by atoms with Gasteiger partial charge in [-0.25, -0.2) is 4.79 Å². The van der Waals surface area contributed by atoms with Crippen LogP contribution in [0, 0.1) is 0 Å². The summed E-state index contributed by atoms with van der Waals surface area (Å²) in [5.41, 5.74) is -1.74. The predicted molar refractivity (Wildman–Crippen MR) is 66.9 cm³/mol. The monoisotopic (exact) mass is 304 g/mol. The number of hydrogen-bond acceptors (Lipinski definition) is 2. The van der Waals surface area contributed by atoms with Crippen molar-refractivity contribution in [2.24, 2.45) is 0 Å². The highest BCUT2D eigenvalue weighted by molar-refractivity contribution is 6.29. The van der Waals surface area contributed by atoms with Gasteiger partial charge in [0.05, 0.1) is 12.1 Å². The minimum absolute atomic E-state index is 0.0938. The lowest BCUT2D eigenvalue weighted by Crippen LogP contribution is -2.34. The molecule has 2 rings (SSSR count). The maximum atomic E-state index is 12.4. The van der Waals surface area contributed by atoms with Crippen molar-refractivity contribution in [1.29, 1.82) is 0 Å². The fraction of sp³-hybridized carbons (Fsp3) is 0.167. The van der Waals surface area contributed by atoms with Crippen molar-refractivity contribution in [2.45, 2.75) is 12.7 Å². The molecule has 0 amide bonds. The molecule has 0 radical (unpaired) electrons. The number of benzene rings is 1. The van der Waals surface area contributed by atoms with Crippen LogP contribution in [0.15, 0.2) is 39.9 Å². The molecular formula is C12H8ClF3N2O2. The molecule has 0 aliphatic heterocycles. The summed E-state index contributed by atoms with van der Waals surface area (Å²) in [5.74, 6) is 0. The van der Waals surface area contributed by atoms with Crippen LogP contribution in [-0.4, -0.2) is 9.55 Å². The van der Waals surface area contributed by atoms with Crippen molar-refractivity contribution in [3.8, 4) is 0 Å². The van der Waals surface area contributed by atoms with E-state index < -0.39 is 23.0 Å². The Hall–Kier alpha value is -2.02. The molecule has 0 saturated heterocycles. The molecule has 0 fully saturated rings. The molecule has 0 atom stereocenters. The van der Waals surface area contributed by atoms with Crippen LogP contribution in [0.3, 0.4) is 0 Å². The van der Waals surface area contributed by atoms with E-state index >= 15 is 0 Å². The van der Waals surface area contributed by atoms with Crippen LogP contribution in [0.1, 0.15) is 11.1 Å². The van der Waals surface area contributed by atoms with Crippen LogP contribution in [0.4, 0.5) is 13.2 Å². The van der Waals surface area contributed by atoms with E-state index in [0.29, 0.717) is 5.56 Å². The molecule has 8 heteroatoms. The van der Waals surface area contributed by atoms with Crippen molar-refractivity contribution < 1.29 is 13.2 Å². The van der Waals surface area contributed by atoms with E-state index in [4.69, 9.17) is 11.6 Å². The smallest absolute Gasteiger partial charge is 0.298 e. The van der Waals surface area contributed by atoms with Crippen LogP contribution >= 0.6 is 11.6 Å². The first kappa shape index (κ1) is 14.4. The quantitative estimate of drug-likeness (QED) is 0.865. The van der Waals surface area contributed by atoms with Crippen molar-refractivity contribution in [3.05, 3.63) is 67.4 Å². The molecule has 1 aromatic heterocycles. The van der Waals surface area contributed by atoms with Crippen molar-refractivity contribution in [1.82, 2.24) is 9.55 Å². The Labute approximate surface area is 115 Å². The Morgan fingerprint density at radius 2 is 1.75 bits per heavy atom. The van der Waals surface area contributed by atoms with E-state index in [1.165, 1.54) is 12.1 Å². The molecule has 0 saturated carbocycles. The topological polar surface area (TPSA) is 54.9 Å². The van der Waals surface area contributed by atoms with E-state index in [0.717, 1.165) is 22.8 Å². The van der Waals surface area contributed by atoms with Crippen LogP contribution in [-0.2, 0) is 12.7 Å². The van der Waals surface area contributed by atoms with Crippen LogP contribution in [0.2, 0.25) is 5.15 Å². The molecule has 1 N–H and O–H groups in total. The van der Waals surface area contributed by atoms with Gasteiger partial charge in [-0.15, -0.1) is 0 Å². The number of aromatic nitrogens is 2. The summed E-state index contributed by atoms with van der Waals surface area (Å²) >= 11 is 5.50. The molecular weight excluding hydrogens is 297 g/mol. The molecule has 0 aliphatic carbocycles. The van der Waals surface area contributed by atoms with Gasteiger partial charge in [-0.05, 0) is 17.7 Å². The minimum atomic E-state index is -4.42. The zero-order valence-electron chi connectivity index (χ0n) is 9.87. The number of H-pyrrole nitrogens is 1. The lowest BCUT2D eigenvalue weighted by atomic mass is 10.1. The van der Waals surface area contributed by atoms with Crippen molar-refractivity contribution in [2.75, 3.05) is 0 Å². The summed E-state index contributed by atoms with van der Waals surface area (Å²) in [6.45, 7) is -0.135. The van der Waals surface area contributed by atoms with Crippen LogP contribution in [0.25, 0.3) is 0 Å². The van der Waals surface area contributed by atoms with Gasteiger partial charge >= 0.3 is 11.9 Å². The van der Waals surface area contributed by atoms with E-state index in [9.17, 15) is 22.8 Å². The third-order valence-corrected chi connectivity index (χ3v) is 2.81. The summed E-state index contributed by atoms with van der Waals surface area (Å²) in [6, 6.07) is 5.23. The van der Waals surface area contributed by atoms with E-state index in [-0.39, 0.29) is 11.7 Å². The van der Waals surface area contributed by atoms with Gasteiger partial charge in [0.2, 0.25) is 0 Å². The number of nitrogens with zero attached hydrogens (tertiary/aromatic N) is 1. The molecule has 4 nitrogen and oxygen atoms in total. The van der Waals surface area contributed by atoms with Crippen LogP contribution in [0.5, 0.6) is 0 Å². The molecule has 2 aromatic rings. The molecule has 0 bridgehead atoms. The summed E-state index contributed by atoms with van der Waals surface area (Å²) in [4.78, 5) is 25.3. The number of nitrogens with one attached hydrogen (secondary N) is 1. The highest BCUT2D eigenvalue weighted by Crippen LogP contribution is 2.29. The number of alkyl halides is 3. The van der Waals surface area contributed by atoms with E-state index in [1.807, 2.05) is 0 Å². The SMILES string of the molecule is O=c1cc(Cl)[nH]c(=O)n1Cc1ccc(C(F)(F)F)cc1. The number of aromatic amines is 1. The fourth-order valence-corrected chi connectivity index (χ4v) is 1.80. The van der Waals surface area contributed by atoms with Gasteiger partial charge in [-0.1, -0.05) is 23.7 Å². The van der Waals surface area contributed by atoms with Crippen LogP contribution < -0.4 is 11.2 Å². The second kappa shape index (κ2) is 5.16. The van der Waals surface area contributed by atoms with Crippen molar-refractivity contribution in [3.63, 3.8) is 0 Å². The zero-order chi connectivity index (χ0) is 14.9. The van der Waals surface area contributed by atoms with Gasteiger partial charge in [-0.2, -0.15) is 13.2 Å². The second-order valence-corrected chi connectivity index (χ2v) is 4.45. The Morgan fingerprint density at radius 1 is 1.15 bits per heavy atom. The van der Waals surface area contributed by atoms with E-state index in [2.05, 4.69) is 4.98 Å². The molecule has 0 aliphatic rings. The Bertz CT molecular complexity index is 701. The third-order valence-electron chi connectivity index (χ3n) is 2.61. The minimum Gasteiger partial charge on any atom is -0.298 e. The molecule has 1 aromatic carbocycles. The Kier molecular flexibility index (Phi) is 3.71. The average molecular weight is 305 g/mol. The van der Waals surface area contributed by atoms with Gasteiger partial charge in [0.15, 0.2) is 0 Å². The van der Waals surface area contributed by atoms with E-state index in [1.54, 1.807) is 0 Å². The molecule has 1 heterocycles. The lowest BCUT2D eigenvalue weighted by Gasteiger charge is -2.08. The number of hydrogen-bond donors (Lipinski definition) is 1. The first-order valence-corrected chi connectivity index (χ1v) is 5.81. The average Bonchev–Trinajstić information content (AvgIpc) is 2.33. The fourth-order valence-electron chi connectivity index (χ4n) is 1.62. The van der Waals surface area contributed by atoms with Gasteiger partial charge in [0.25, 0.3) is 5.56 Å². The molecule has 0 spiro atoms. The maximum Gasteiger partial charge on any atom is 0.416 e. The predicted octanol–water partition coefficient (Wildman–Crippen LogP) is 2.26. The summed E-state index contributed by atoms with van der Waals surface area (Å²) in [5, 5.41) is -0.0938. The second-order valence-electron chi connectivity index (χ2n) is 4.04. The Balaban J connectivity index is 2.32. The largest absolute Gasteiger partial charge is 0.416 e. The molecule has 0 unspecified atom stereocenters. The molecule has 20 heavy (non-hydrogen) atoms. The zero-order valence-corrected chi connectivity index (χ0v) is 10.6. The highest BCUT2D eigenvalue weighted by Gasteiger charge is 2.29. The summed E-state index contributed by atoms with van der Waals surface area (Å²) < 4.78 is 38.0. The number of rotatable bonds is 2. The highest BCUT2D eigenvalue weighted by atomic mass is 35.5. The first-order chi connectivity index (χ1) is 9.27. The molecule has 106 valence electrons. The standard InChI is InChI=1S/C12H8ClF3N2O2/c13-9-5-10(19)18(11(20)17-9)6-7-1-3-8(4-2-7)12(14,15)16/h1-5H,6H2,(H,17,20). The Morgan fingerprint density at radius 3 is 2.25 bits per heavy atom. The summed E-state index contributed by atoms with van der Waals surface area (Å²) in [7, 11) is 0. The van der Waals surface area contributed by atoms with Gasteiger partial charge in [0.1, 0.15) is 5.15 Å². The third kappa shape index (κ3) is 3.11. The van der Waals surface area contributed by atoms with Gasteiger partial charge < -0.3 is 0 Å². The normalized spacial score (nSPS) is 11.6. The summed E-state index contributed by atoms with van der Waals surface area (Å²) in [6.07, 6.45) is -4.42.